The third kappa shape index (κ3) is 6.93. The Kier molecular flexibility index (Phi) is 8.58. The second kappa shape index (κ2) is 10.2. The number of nitrogens with one attached hydrogen (secondary N) is 3. The smallest absolute Gasteiger partial charge is 0.221 e. The first-order valence-electron chi connectivity index (χ1n) is 7.82. The lowest BCUT2D eigenvalue weighted by Crippen LogP contribution is -2.41. The van der Waals surface area contributed by atoms with Crippen molar-refractivity contribution in [1.29, 1.82) is 0 Å². The molecule has 2 unspecified atom stereocenters. The zero-order valence-electron chi connectivity index (χ0n) is 14.0. The molecule has 1 amide bonds. The molecule has 1 heterocycles. The van der Waals surface area contributed by atoms with Crippen LogP contribution in [0.25, 0.3) is 0 Å². The summed E-state index contributed by atoms with van der Waals surface area (Å²) in [7, 11) is 1.74. The average Bonchev–Trinajstić information content (AvgIpc) is 3.04. The first-order valence-corrected chi connectivity index (χ1v) is 8.77. The van der Waals surface area contributed by atoms with Crippen LogP contribution in [0.5, 0.6) is 0 Å². The van der Waals surface area contributed by atoms with E-state index in [1.165, 1.54) is 5.56 Å². The number of hydrogen-bond donors (Lipinski definition) is 3. The minimum absolute atomic E-state index is 0.0731. The van der Waals surface area contributed by atoms with Crippen LogP contribution < -0.4 is 16.0 Å². The highest BCUT2D eigenvalue weighted by Gasteiger charge is 2.08. The number of nitrogens with zero attached hydrogens (tertiary/aromatic N) is 1. The summed E-state index contributed by atoms with van der Waals surface area (Å²) in [6.45, 7) is 7.65. The third-order valence-electron chi connectivity index (χ3n) is 3.58. The Bertz CT molecular complexity index is 459. The van der Waals surface area contributed by atoms with Gasteiger partial charge in [0.05, 0.1) is 0 Å². The summed E-state index contributed by atoms with van der Waals surface area (Å²) in [5.74, 6) is 1.24. The lowest BCUT2D eigenvalue weighted by molar-refractivity contribution is -0.121. The van der Waals surface area contributed by atoms with Crippen molar-refractivity contribution < 1.29 is 4.79 Å². The van der Waals surface area contributed by atoms with Gasteiger partial charge in [0.1, 0.15) is 0 Å². The molecule has 1 rings (SSSR count). The quantitative estimate of drug-likeness (QED) is 0.508. The molecule has 0 bridgehead atoms. The molecule has 0 saturated heterocycles. The summed E-state index contributed by atoms with van der Waals surface area (Å²) in [5.41, 5.74) is 1.33. The van der Waals surface area contributed by atoms with E-state index in [0.29, 0.717) is 18.9 Å². The summed E-state index contributed by atoms with van der Waals surface area (Å²) in [6, 6.07) is 2.38. The fourth-order valence-electron chi connectivity index (χ4n) is 1.89. The molecule has 0 aliphatic heterocycles. The van der Waals surface area contributed by atoms with Crippen LogP contribution >= 0.6 is 11.3 Å². The Morgan fingerprint density at radius 2 is 2.14 bits per heavy atom. The molecule has 22 heavy (non-hydrogen) atoms. The number of guanidine groups is 1. The van der Waals surface area contributed by atoms with Gasteiger partial charge in [0.25, 0.3) is 0 Å². The molecule has 1 aromatic rings. The second-order valence-corrected chi connectivity index (χ2v) is 6.24. The molecule has 3 N–H and O–H groups in total. The fourth-order valence-corrected chi connectivity index (χ4v) is 2.67. The van der Waals surface area contributed by atoms with E-state index in [2.05, 4.69) is 51.6 Å². The first-order chi connectivity index (χ1) is 10.6. The lowest BCUT2D eigenvalue weighted by atomic mass is 10.1. The molecule has 0 spiro atoms. The van der Waals surface area contributed by atoms with Gasteiger partial charge in [-0.3, -0.25) is 9.79 Å². The van der Waals surface area contributed by atoms with E-state index in [1.54, 1.807) is 18.4 Å². The highest BCUT2D eigenvalue weighted by Crippen LogP contribution is 2.16. The number of carbonyl (C=O) groups is 1. The van der Waals surface area contributed by atoms with Crippen LogP contribution in [-0.4, -0.2) is 38.0 Å². The maximum absolute atomic E-state index is 11.7. The second-order valence-electron chi connectivity index (χ2n) is 5.46. The molecule has 0 aromatic carbocycles. The zero-order valence-corrected chi connectivity index (χ0v) is 14.8. The Hall–Kier alpha value is -1.56. The number of rotatable bonds is 8. The molecule has 0 saturated carbocycles. The van der Waals surface area contributed by atoms with Crippen molar-refractivity contribution in [2.24, 2.45) is 4.99 Å². The number of amides is 1. The highest BCUT2D eigenvalue weighted by molar-refractivity contribution is 7.07. The van der Waals surface area contributed by atoms with Gasteiger partial charge in [0.15, 0.2) is 5.96 Å². The van der Waals surface area contributed by atoms with Crippen molar-refractivity contribution in [3.05, 3.63) is 22.4 Å². The van der Waals surface area contributed by atoms with Crippen LogP contribution in [0, 0.1) is 0 Å². The third-order valence-corrected chi connectivity index (χ3v) is 4.28. The molecule has 1 aromatic heterocycles. The van der Waals surface area contributed by atoms with Gasteiger partial charge in [-0.2, -0.15) is 11.3 Å². The van der Waals surface area contributed by atoms with Crippen LogP contribution in [-0.2, 0) is 4.79 Å². The molecule has 0 aliphatic carbocycles. The van der Waals surface area contributed by atoms with Crippen LogP contribution in [0.2, 0.25) is 0 Å². The van der Waals surface area contributed by atoms with Crippen molar-refractivity contribution in [3.63, 3.8) is 0 Å². The van der Waals surface area contributed by atoms with Gasteiger partial charge in [-0.25, -0.2) is 0 Å². The van der Waals surface area contributed by atoms with E-state index >= 15 is 0 Å². The van der Waals surface area contributed by atoms with Crippen LogP contribution in [0.1, 0.15) is 45.1 Å². The molecule has 0 fully saturated rings. The lowest BCUT2D eigenvalue weighted by Gasteiger charge is -2.16. The predicted octanol–water partition coefficient (Wildman–Crippen LogP) is 2.32. The molecule has 5 nitrogen and oxygen atoms in total. The number of aliphatic imine (C=N–C) groups is 1. The fraction of sp³-hybridized carbons (Fsp3) is 0.625. The first kappa shape index (κ1) is 18.5. The van der Waals surface area contributed by atoms with Crippen molar-refractivity contribution >= 4 is 23.2 Å². The summed E-state index contributed by atoms with van der Waals surface area (Å²) < 4.78 is 0. The van der Waals surface area contributed by atoms with Crippen molar-refractivity contribution in [1.82, 2.24) is 16.0 Å². The van der Waals surface area contributed by atoms with E-state index in [9.17, 15) is 4.79 Å². The Labute approximate surface area is 137 Å². The van der Waals surface area contributed by atoms with Crippen LogP contribution in [0.3, 0.4) is 0 Å². The van der Waals surface area contributed by atoms with E-state index in [0.717, 1.165) is 18.9 Å². The van der Waals surface area contributed by atoms with Crippen LogP contribution in [0.15, 0.2) is 21.8 Å². The number of thiophene rings is 1. The van der Waals surface area contributed by atoms with E-state index in [4.69, 9.17) is 0 Å². The molecule has 124 valence electrons. The standard InChI is InChI=1S/C16H28N4OS/c1-5-13(3)20-15(21)6-8-18-16(17-4)19-10-12(2)14-7-9-22-11-14/h7,9,11-13H,5-6,8,10H2,1-4H3,(H,20,21)(H2,17,18,19). The van der Waals surface area contributed by atoms with E-state index < -0.39 is 0 Å². The molecule has 6 heteroatoms. The van der Waals surface area contributed by atoms with Gasteiger partial charge in [-0.15, -0.1) is 0 Å². The molecular weight excluding hydrogens is 296 g/mol. The summed E-state index contributed by atoms with van der Waals surface area (Å²) in [6.07, 6.45) is 1.40. The summed E-state index contributed by atoms with van der Waals surface area (Å²) in [4.78, 5) is 15.9. The topological polar surface area (TPSA) is 65.5 Å². The van der Waals surface area contributed by atoms with E-state index in [-0.39, 0.29) is 11.9 Å². The molecule has 0 radical (unpaired) electrons. The maximum Gasteiger partial charge on any atom is 0.221 e. The van der Waals surface area contributed by atoms with Gasteiger partial charge in [-0.1, -0.05) is 13.8 Å². The number of carbonyl (C=O) groups excluding carboxylic acids is 1. The minimum Gasteiger partial charge on any atom is -0.356 e. The Morgan fingerprint density at radius 3 is 2.73 bits per heavy atom. The minimum atomic E-state index is 0.0731. The van der Waals surface area contributed by atoms with E-state index in [1.807, 2.05) is 6.92 Å². The Morgan fingerprint density at radius 1 is 1.36 bits per heavy atom. The average molecular weight is 324 g/mol. The van der Waals surface area contributed by atoms with Crippen molar-refractivity contribution in [2.45, 2.75) is 45.6 Å². The predicted molar refractivity (Wildman–Crippen MR) is 94.6 cm³/mol. The summed E-state index contributed by atoms with van der Waals surface area (Å²) in [5, 5.41) is 13.7. The van der Waals surface area contributed by atoms with Gasteiger partial charge < -0.3 is 16.0 Å². The zero-order chi connectivity index (χ0) is 16.4. The summed E-state index contributed by atoms with van der Waals surface area (Å²) >= 11 is 1.71. The van der Waals surface area contributed by atoms with Crippen molar-refractivity contribution in [2.75, 3.05) is 20.1 Å². The molecule has 0 aliphatic rings. The number of hydrogen-bond acceptors (Lipinski definition) is 3. The van der Waals surface area contributed by atoms with Crippen molar-refractivity contribution in [3.8, 4) is 0 Å². The highest BCUT2D eigenvalue weighted by atomic mass is 32.1. The molecular formula is C16H28N4OS. The normalized spacial score (nSPS) is 14.3. The Balaban J connectivity index is 2.24. The SMILES string of the molecule is CCC(C)NC(=O)CCNC(=NC)NCC(C)c1ccsc1. The largest absolute Gasteiger partial charge is 0.356 e. The van der Waals surface area contributed by atoms with Gasteiger partial charge in [-0.05, 0) is 41.7 Å². The molecule has 2 atom stereocenters. The maximum atomic E-state index is 11.7. The van der Waals surface area contributed by atoms with Gasteiger partial charge in [0, 0.05) is 32.6 Å². The monoisotopic (exact) mass is 324 g/mol. The van der Waals surface area contributed by atoms with Gasteiger partial charge >= 0.3 is 0 Å². The van der Waals surface area contributed by atoms with Crippen LogP contribution in [0.4, 0.5) is 0 Å². The van der Waals surface area contributed by atoms with Gasteiger partial charge in [0.2, 0.25) is 5.91 Å².